The molecule has 2 aromatic carbocycles. The van der Waals surface area contributed by atoms with Crippen LogP contribution in [0.25, 0.3) is 0 Å². The average molecular weight is 388 g/mol. The van der Waals surface area contributed by atoms with Gasteiger partial charge in [-0.05, 0) is 81.1 Å². The van der Waals surface area contributed by atoms with E-state index in [-0.39, 0.29) is 29.6 Å². The molecule has 1 N–H and O–H groups in total. The highest BCUT2D eigenvalue weighted by Crippen LogP contribution is 2.39. The summed E-state index contributed by atoms with van der Waals surface area (Å²) in [6.45, 7) is 5.96. The molecule has 148 valence electrons. The molecule has 0 aromatic heterocycles. The maximum atomic E-state index is 12.8. The van der Waals surface area contributed by atoms with Crippen LogP contribution in [0.15, 0.2) is 54.1 Å². The number of imide groups is 1. The molecule has 1 aliphatic heterocycles. The van der Waals surface area contributed by atoms with Gasteiger partial charge in [-0.25, -0.2) is 0 Å². The van der Waals surface area contributed by atoms with Gasteiger partial charge in [0.1, 0.15) is 0 Å². The monoisotopic (exact) mass is 388 g/mol. The highest BCUT2D eigenvalue weighted by atomic mass is 16.2. The van der Waals surface area contributed by atoms with Crippen molar-refractivity contribution < 1.29 is 14.4 Å². The molecule has 2 atom stereocenters. The first-order valence-electron chi connectivity index (χ1n) is 9.86. The van der Waals surface area contributed by atoms with E-state index in [4.69, 9.17) is 0 Å². The van der Waals surface area contributed by atoms with Crippen molar-refractivity contribution in [3.63, 3.8) is 0 Å². The van der Waals surface area contributed by atoms with Gasteiger partial charge in [0.2, 0.25) is 11.8 Å². The molecule has 1 aliphatic carbocycles. The first-order valence-corrected chi connectivity index (χ1v) is 9.86. The van der Waals surface area contributed by atoms with E-state index in [1.165, 1.54) is 4.90 Å². The van der Waals surface area contributed by atoms with Crippen molar-refractivity contribution >= 4 is 29.1 Å². The number of benzene rings is 2. The minimum atomic E-state index is -0.265. The molecule has 2 aliphatic rings. The number of fused-ring (bicyclic) bond motifs is 1. The lowest BCUT2D eigenvalue weighted by atomic mass is 9.82. The van der Waals surface area contributed by atoms with E-state index in [0.29, 0.717) is 24.1 Å². The molecule has 0 saturated carbocycles. The largest absolute Gasteiger partial charge is 0.322 e. The van der Waals surface area contributed by atoms with Crippen LogP contribution < -0.4 is 10.2 Å². The lowest BCUT2D eigenvalue weighted by Gasteiger charge is -2.18. The van der Waals surface area contributed by atoms with E-state index in [0.717, 1.165) is 22.4 Å². The fourth-order valence-electron chi connectivity index (χ4n) is 4.30. The number of rotatable bonds is 3. The number of carbonyl (C=O) groups is 3. The number of carbonyl (C=O) groups excluding carboxylic acids is 3. The van der Waals surface area contributed by atoms with Crippen LogP contribution in [0, 0.1) is 25.7 Å². The zero-order chi connectivity index (χ0) is 20.7. The van der Waals surface area contributed by atoms with Gasteiger partial charge in [0.15, 0.2) is 0 Å². The Bertz CT molecular complexity index is 1020. The van der Waals surface area contributed by atoms with Crippen LogP contribution in [0.2, 0.25) is 0 Å². The molecule has 1 fully saturated rings. The minimum absolute atomic E-state index is 0.139. The van der Waals surface area contributed by atoms with Gasteiger partial charge < -0.3 is 5.32 Å². The SMILES string of the molecule is CC1=CC[C@H]2C(=O)N(c3ccc(C(=O)Nc4cc(C)cc(C)c4)cc3)C(=O)[C@H]2C1. The number of aryl methyl sites for hydroxylation is 2. The predicted octanol–water partition coefficient (Wildman–Crippen LogP) is 4.40. The Morgan fingerprint density at radius 2 is 1.55 bits per heavy atom. The number of nitrogens with zero attached hydrogens (tertiary/aromatic N) is 1. The standard InChI is InChI=1S/C24H24N2O3/c1-14-4-9-20-21(13-14)24(29)26(23(20)28)19-7-5-17(6-8-19)22(27)25-18-11-15(2)10-16(3)12-18/h4-8,10-12,20-21H,9,13H2,1-3H3,(H,25,27)/t20-,21+/m1/s1. The summed E-state index contributed by atoms with van der Waals surface area (Å²) >= 11 is 0. The molecule has 1 saturated heterocycles. The van der Waals surface area contributed by atoms with Crippen LogP contribution in [0.4, 0.5) is 11.4 Å². The van der Waals surface area contributed by atoms with E-state index in [1.54, 1.807) is 24.3 Å². The van der Waals surface area contributed by atoms with Crippen LogP contribution in [0.3, 0.4) is 0 Å². The number of nitrogens with one attached hydrogen (secondary N) is 1. The normalized spacial score (nSPS) is 21.1. The number of hydrogen-bond acceptors (Lipinski definition) is 3. The van der Waals surface area contributed by atoms with E-state index < -0.39 is 0 Å². The fraction of sp³-hybridized carbons (Fsp3) is 0.292. The quantitative estimate of drug-likeness (QED) is 0.626. The second kappa shape index (κ2) is 7.32. The van der Waals surface area contributed by atoms with Gasteiger partial charge in [-0.1, -0.05) is 17.7 Å². The fourth-order valence-corrected chi connectivity index (χ4v) is 4.30. The third-order valence-electron chi connectivity index (χ3n) is 5.69. The minimum Gasteiger partial charge on any atom is -0.322 e. The van der Waals surface area contributed by atoms with Crippen molar-refractivity contribution in [2.24, 2.45) is 11.8 Å². The molecular weight excluding hydrogens is 364 g/mol. The third kappa shape index (κ3) is 3.60. The molecule has 5 heteroatoms. The molecule has 4 rings (SSSR count). The summed E-state index contributed by atoms with van der Waals surface area (Å²) in [5.41, 5.74) is 5.05. The van der Waals surface area contributed by atoms with Crippen molar-refractivity contribution in [3.8, 4) is 0 Å². The molecule has 2 aromatic rings. The zero-order valence-corrected chi connectivity index (χ0v) is 16.9. The van der Waals surface area contributed by atoms with Gasteiger partial charge in [-0.3, -0.25) is 19.3 Å². The van der Waals surface area contributed by atoms with Crippen LogP contribution in [0.1, 0.15) is 41.3 Å². The Morgan fingerprint density at radius 1 is 0.931 bits per heavy atom. The van der Waals surface area contributed by atoms with Crippen molar-refractivity contribution in [1.29, 1.82) is 0 Å². The Hall–Kier alpha value is -3.21. The van der Waals surface area contributed by atoms with Crippen molar-refractivity contribution in [2.75, 3.05) is 10.2 Å². The van der Waals surface area contributed by atoms with E-state index in [2.05, 4.69) is 11.4 Å². The molecule has 0 bridgehead atoms. The Labute approximate surface area is 170 Å². The first-order chi connectivity index (χ1) is 13.8. The summed E-state index contributed by atoms with van der Waals surface area (Å²) in [5.74, 6) is -1.04. The van der Waals surface area contributed by atoms with Crippen molar-refractivity contribution in [3.05, 3.63) is 70.8 Å². The number of anilines is 2. The predicted molar refractivity (Wildman–Crippen MR) is 113 cm³/mol. The lowest BCUT2D eigenvalue weighted by molar-refractivity contribution is -0.122. The second-order valence-electron chi connectivity index (χ2n) is 8.09. The molecule has 1 heterocycles. The van der Waals surface area contributed by atoms with Crippen LogP contribution >= 0.6 is 0 Å². The topological polar surface area (TPSA) is 66.5 Å². The van der Waals surface area contributed by atoms with Crippen LogP contribution in [0.5, 0.6) is 0 Å². The van der Waals surface area contributed by atoms with Gasteiger partial charge in [-0.2, -0.15) is 0 Å². The number of hydrogen-bond donors (Lipinski definition) is 1. The number of allylic oxidation sites excluding steroid dienone is 2. The zero-order valence-electron chi connectivity index (χ0n) is 16.9. The molecule has 0 radical (unpaired) electrons. The average Bonchev–Trinajstić information content (AvgIpc) is 2.91. The van der Waals surface area contributed by atoms with E-state index in [1.807, 2.05) is 39.0 Å². The van der Waals surface area contributed by atoms with E-state index >= 15 is 0 Å². The molecule has 0 spiro atoms. The first kappa shape index (κ1) is 19.1. The van der Waals surface area contributed by atoms with Gasteiger partial charge in [0.25, 0.3) is 5.91 Å². The summed E-state index contributed by atoms with van der Waals surface area (Å²) in [4.78, 5) is 39.5. The van der Waals surface area contributed by atoms with Crippen LogP contribution in [-0.4, -0.2) is 17.7 Å². The summed E-state index contributed by atoms with van der Waals surface area (Å²) in [6.07, 6.45) is 3.31. The molecule has 0 unspecified atom stereocenters. The highest BCUT2D eigenvalue weighted by Gasteiger charge is 2.48. The van der Waals surface area contributed by atoms with Gasteiger partial charge >= 0.3 is 0 Å². The van der Waals surface area contributed by atoms with Crippen molar-refractivity contribution in [1.82, 2.24) is 0 Å². The smallest absolute Gasteiger partial charge is 0.255 e. The molecule has 29 heavy (non-hydrogen) atoms. The number of amides is 3. The molecular formula is C24H24N2O3. The maximum absolute atomic E-state index is 12.8. The summed E-state index contributed by atoms with van der Waals surface area (Å²) < 4.78 is 0. The Kier molecular flexibility index (Phi) is 4.82. The lowest BCUT2D eigenvalue weighted by Crippen LogP contribution is -2.30. The van der Waals surface area contributed by atoms with Gasteiger partial charge in [0, 0.05) is 11.3 Å². The van der Waals surface area contributed by atoms with Gasteiger partial charge in [0.05, 0.1) is 17.5 Å². The maximum Gasteiger partial charge on any atom is 0.255 e. The Morgan fingerprint density at radius 3 is 2.21 bits per heavy atom. The summed E-state index contributed by atoms with van der Waals surface area (Å²) in [7, 11) is 0. The van der Waals surface area contributed by atoms with Crippen molar-refractivity contribution in [2.45, 2.75) is 33.6 Å². The van der Waals surface area contributed by atoms with E-state index in [9.17, 15) is 14.4 Å². The second-order valence-corrected chi connectivity index (χ2v) is 8.09. The summed E-state index contributed by atoms with van der Waals surface area (Å²) in [5, 5.41) is 2.90. The molecule has 5 nitrogen and oxygen atoms in total. The molecule has 3 amide bonds. The summed E-state index contributed by atoms with van der Waals surface area (Å²) in [6, 6.07) is 12.5. The highest BCUT2D eigenvalue weighted by molar-refractivity contribution is 6.22. The van der Waals surface area contributed by atoms with Crippen LogP contribution in [-0.2, 0) is 9.59 Å². The van der Waals surface area contributed by atoms with Gasteiger partial charge in [-0.15, -0.1) is 0 Å². The Balaban J connectivity index is 1.51. The third-order valence-corrected chi connectivity index (χ3v) is 5.69.